The van der Waals surface area contributed by atoms with Crippen molar-refractivity contribution in [1.29, 1.82) is 0 Å². The van der Waals surface area contributed by atoms with Crippen LogP contribution in [0.25, 0.3) is 11.3 Å². The quantitative estimate of drug-likeness (QED) is 0.172. The zero-order valence-electron chi connectivity index (χ0n) is 27.4. The predicted octanol–water partition coefficient (Wildman–Crippen LogP) is 2.32. The number of ether oxygens (including phenoxy) is 6. The summed E-state index contributed by atoms with van der Waals surface area (Å²) in [5.41, 5.74) is 1.47. The number of nitrogens with zero attached hydrogens (tertiary/aromatic N) is 7. The molecule has 17 nitrogen and oxygen atoms in total. The van der Waals surface area contributed by atoms with Gasteiger partial charge in [0.15, 0.2) is 11.9 Å². The third-order valence-corrected chi connectivity index (χ3v) is 8.18. The van der Waals surface area contributed by atoms with Gasteiger partial charge in [-0.3, -0.25) is 9.88 Å². The van der Waals surface area contributed by atoms with Gasteiger partial charge in [0.25, 0.3) is 0 Å². The first-order valence-electron chi connectivity index (χ1n) is 15.9. The molecule has 1 aliphatic heterocycles. The number of benzene rings is 1. The van der Waals surface area contributed by atoms with Crippen LogP contribution in [-0.2, 0) is 20.2 Å². The summed E-state index contributed by atoms with van der Waals surface area (Å²) in [5.74, 6) is -3.14. The maximum atomic E-state index is 14.0. The van der Waals surface area contributed by atoms with Gasteiger partial charge in [0.1, 0.15) is 17.8 Å². The summed E-state index contributed by atoms with van der Waals surface area (Å²) in [5, 5.41) is 29.3. The second kappa shape index (κ2) is 15.6. The number of methoxy groups -OCH3 is 2. The summed E-state index contributed by atoms with van der Waals surface area (Å²) < 4.78 is 33.3. The molecule has 1 aliphatic carbocycles. The number of hydrogen-bond donors (Lipinski definition) is 3. The van der Waals surface area contributed by atoms with E-state index in [4.69, 9.17) is 28.4 Å². The minimum Gasteiger partial charge on any atom is -0.469 e. The number of carbonyl (C=O) groups is 1. The minimum atomic E-state index is -3.21. The van der Waals surface area contributed by atoms with Gasteiger partial charge >= 0.3 is 24.1 Å². The van der Waals surface area contributed by atoms with E-state index < -0.39 is 23.7 Å². The van der Waals surface area contributed by atoms with E-state index in [1.165, 1.54) is 31.5 Å². The topological polar surface area (TPSA) is 214 Å². The van der Waals surface area contributed by atoms with Crippen LogP contribution in [0.5, 0.6) is 17.9 Å². The van der Waals surface area contributed by atoms with Crippen molar-refractivity contribution in [2.45, 2.75) is 56.0 Å². The van der Waals surface area contributed by atoms with Crippen molar-refractivity contribution < 1.29 is 48.5 Å². The zero-order chi connectivity index (χ0) is 35.1. The molecule has 6 rings (SSSR count). The van der Waals surface area contributed by atoms with Gasteiger partial charge in [0.2, 0.25) is 5.88 Å². The molecule has 17 heteroatoms. The molecule has 4 heterocycles. The number of aliphatic hydroxyl groups is 3. The molecule has 0 bridgehead atoms. The fraction of sp³-hybridized carbons (Fsp3) is 0.424. The van der Waals surface area contributed by atoms with Gasteiger partial charge in [-0.15, -0.1) is 0 Å². The molecule has 0 spiro atoms. The number of aromatic nitrogens is 6. The lowest BCUT2D eigenvalue weighted by Crippen LogP contribution is -2.45. The van der Waals surface area contributed by atoms with Crippen LogP contribution in [0, 0.1) is 0 Å². The zero-order valence-corrected chi connectivity index (χ0v) is 27.4. The standard InChI is InChI=1S/C33H37N7O10/c1-45-19-27(20-6-4-3-5-7-20)50-32(41)40(28-16-34-26(15-35-28)21-12-36-30(46-2)37-13-21)22-8-10-23(11-9-22)49-31-38-14-25(33(42,43)44)29(39-31)48-24-17-47-18-24/h3-7,12-16,22-24,27,42-44H,8-11,17-19H2,1-2H3/t22?,23?,27-/m0/s1. The van der Waals surface area contributed by atoms with Gasteiger partial charge in [-0.05, 0) is 31.2 Å². The first-order chi connectivity index (χ1) is 24.2. The number of rotatable bonds is 13. The van der Waals surface area contributed by atoms with Crippen LogP contribution in [0.4, 0.5) is 10.6 Å². The van der Waals surface area contributed by atoms with Crippen molar-refractivity contribution >= 4 is 11.9 Å². The van der Waals surface area contributed by atoms with Gasteiger partial charge in [0.05, 0.1) is 45.0 Å². The highest BCUT2D eigenvalue weighted by atomic mass is 16.7. The van der Waals surface area contributed by atoms with E-state index in [0.717, 1.165) is 11.8 Å². The van der Waals surface area contributed by atoms with E-state index in [-0.39, 0.29) is 42.8 Å². The Balaban J connectivity index is 1.19. The highest BCUT2D eigenvalue weighted by Gasteiger charge is 2.36. The largest absolute Gasteiger partial charge is 0.469 e. The highest BCUT2D eigenvalue weighted by molar-refractivity contribution is 5.87. The van der Waals surface area contributed by atoms with E-state index in [0.29, 0.717) is 56.0 Å². The van der Waals surface area contributed by atoms with Crippen LogP contribution in [0.15, 0.2) is 61.3 Å². The molecule has 50 heavy (non-hydrogen) atoms. The van der Waals surface area contributed by atoms with Gasteiger partial charge in [0, 0.05) is 37.3 Å². The molecule has 4 aromatic rings. The molecule has 1 saturated carbocycles. The molecule has 2 fully saturated rings. The highest BCUT2D eigenvalue weighted by Crippen LogP contribution is 2.33. The van der Waals surface area contributed by atoms with Gasteiger partial charge in [-0.25, -0.2) is 24.7 Å². The average Bonchev–Trinajstić information content (AvgIpc) is 3.11. The molecule has 3 aromatic heterocycles. The molecule has 264 valence electrons. The Morgan fingerprint density at radius 1 is 0.880 bits per heavy atom. The van der Waals surface area contributed by atoms with E-state index in [2.05, 4.69) is 29.9 Å². The fourth-order valence-electron chi connectivity index (χ4n) is 5.51. The van der Waals surface area contributed by atoms with E-state index in [1.54, 1.807) is 12.4 Å². The van der Waals surface area contributed by atoms with Gasteiger partial charge in [-0.1, -0.05) is 30.3 Å². The van der Waals surface area contributed by atoms with Crippen LogP contribution < -0.4 is 19.1 Å². The molecule has 1 atom stereocenters. The summed E-state index contributed by atoms with van der Waals surface area (Å²) in [6.45, 7) is 0.728. The second-order valence-electron chi connectivity index (χ2n) is 11.7. The lowest BCUT2D eigenvalue weighted by molar-refractivity contribution is -0.325. The van der Waals surface area contributed by atoms with E-state index in [1.807, 2.05) is 30.3 Å². The van der Waals surface area contributed by atoms with Crippen LogP contribution in [-0.4, -0.2) is 104 Å². The summed E-state index contributed by atoms with van der Waals surface area (Å²) >= 11 is 0. The first kappa shape index (κ1) is 34.8. The lowest BCUT2D eigenvalue weighted by atomic mass is 9.92. The maximum Gasteiger partial charge on any atom is 0.416 e. The minimum absolute atomic E-state index is 0.0674. The third-order valence-electron chi connectivity index (χ3n) is 8.18. The Hall–Kier alpha value is -5.07. The number of carbonyl (C=O) groups excluding carboxylic acids is 1. The Morgan fingerprint density at radius 2 is 1.60 bits per heavy atom. The van der Waals surface area contributed by atoms with Crippen molar-refractivity contribution in [1.82, 2.24) is 29.9 Å². The average molecular weight is 692 g/mol. The van der Waals surface area contributed by atoms with Crippen molar-refractivity contribution in [3.05, 3.63) is 72.4 Å². The molecule has 0 radical (unpaired) electrons. The van der Waals surface area contributed by atoms with Crippen molar-refractivity contribution in [3.8, 4) is 29.2 Å². The number of hydrogen-bond acceptors (Lipinski definition) is 16. The molecule has 1 amide bonds. The summed E-state index contributed by atoms with van der Waals surface area (Å²) in [6, 6.07) is 9.15. The molecule has 1 saturated heterocycles. The Labute approximate surface area is 286 Å². The van der Waals surface area contributed by atoms with E-state index >= 15 is 0 Å². The monoisotopic (exact) mass is 691 g/mol. The second-order valence-corrected chi connectivity index (χ2v) is 11.7. The Bertz CT molecular complexity index is 1700. The normalized spacial score (nSPS) is 18.4. The third kappa shape index (κ3) is 8.38. The van der Waals surface area contributed by atoms with Crippen LogP contribution in [0.1, 0.15) is 42.9 Å². The van der Waals surface area contributed by atoms with Crippen molar-refractivity contribution in [3.63, 3.8) is 0 Å². The summed E-state index contributed by atoms with van der Waals surface area (Å²) in [7, 11) is 3.02. The number of anilines is 1. The van der Waals surface area contributed by atoms with Crippen LogP contribution in [0.3, 0.4) is 0 Å². The summed E-state index contributed by atoms with van der Waals surface area (Å²) in [6.07, 6.45) is 7.24. The van der Waals surface area contributed by atoms with Gasteiger partial charge < -0.3 is 43.7 Å². The predicted molar refractivity (Wildman–Crippen MR) is 172 cm³/mol. The smallest absolute Gasteiger partial charge is 0.416 e. The SMILES string of the molecule is COC[C@H](OC(=O)N(c1cnc(-c2cnc(OC)nc2)cn1)C1CCC(Oc2ncc(C(O)(O)O)c(OC3COC3)n2)CC1)c1ccccc1. The van der Waals surface area contributed by atoms with Crippen LogP contribution >= 0.6 is 0 Å². The lowest BCUT2D eigenvalue weighted by Gasteiger charge is -2.36. The Kier molecular flexibility index (Phi) is 10.9. The maximum absolute atomic E-state index is 14.0. The molecule has 3 N–H and O–H groups in total. The number of amides is 1. The van der Waals surface area contributed by atoms with Crippen molar-refractivity contribution in [2.24, 2.45) is 0 Å². The molecular weight excluding hydrogens is 654 g/mol. The van der Waals surface area contributed by atoms with Gasteiger partial charge in [-0.2, -0.15) is 4.98 Å². The summed E-state index contributed by atoms with van der Waals surface area (Å²) in [4.78, 5) is 41.1. The van der Waals surface area contributed by atoms with Crippen LogP contribution in [0.2, 0.25) is 0 Å². The molecule has 2 aliphatic rings. The Morgan fingerprint density at radius 3 is 2.20 bits per heavy atom. The van der Waals surface area contributed by atoms with Crippen molar-refractivity contribution in [2.75, 3.05) is 38.9 Å². The molecule has 0 unspecified atom stereocenters. The van der Waals surface area contributed by atoms with E-state index in [9.17, 15) is 20.1 Å². The fourth-order valence-corrected chi connectivity index (χ4v) is 5.51. The molecule has 1 aromatic carbocycles. The first-order valence-corrected chi connectivity index (χ1v) is 15.9. The molecular formula is C33H37N7O10.